The molecule has 1 saturated heterocycles. The largest absolute Gasteiger partial charge is 0.508 e. The van der Waals surface area contributed by atoms with E-state index < -0.39 is 4.92 Å². The molecule has 1 aliphatic carbocycles. The highest BCUT2D eigenvalue weighted by Gasteiger charge is 2.39. The number of carbonyl (C=O) groups excluding carboxylic acids is 1. The molecule has 5 rings (SSSR count). The highest BCUT2D eigenvalue weighted by Crippen LogP contribution is 2.51. The molecule has 1 fully saturated rings. The number of carbonyl (C=O) groups is 1. The lowest BCUT2D eigenvalue weighted by Gasteiger charge is -2.38. The Morgan fingerprint density at radius 3 is 2.74 bits per heavy atom. The Balaban J connectivity index is 1.49. The number of nitrogens with zero attached hydrogens (tertiary/aromatic N) is 2. The summed E-state index contributed by atoms with van der Waals surface area (Å²) in [5.74, 6) is 0.200. The van der Waals surface area contributed by atoms with Gasteiger partial charge in [-0.15, -0.1) is 0 Å². The number of benzene rings is 2. The van der Waals surface area contributed by atoms with Crippen molar-refractivity contribution in [3.05, 3.63) is 75.4 Å². The summed E-state index contributed by atoms with van der Waals surface area (Å²) in [7, 11) is 0. The predicted octanol–water partition coefficient (Wildman–Crippen LogP) is 3.60. The fraction of sp³-hybridized carbons (Fsp3) is 0.348. The summed E-state index contributed by atoms with van der Waals surface area (Å²) >= 11 is 0. The zero-order valence-corrected chi connectivity index (χ0v) is 16.9. The number of rotatable bonds is 3. The first-order valence-corrected chi connectivity index (χ1v) is 10.4. The summed E-state index contributed by atoms with van der Waals surface area (Å²) in [6.45, 7) is 2.29. The Kier molecular flexibility index (Phi) is 4.86. The lowest BCUT2D eigenvalue weighted by atomic mass is 9.76. The van der Waals surface area contributed by atoms with E-state index in [-0.39, 0.29) is 35.2 Å². The van der Waals surface area contributed by atoms with E-state index in [1.165, 1.54) is 18.2 Å². The number of fused-ring (bicyclic) bond motifs is 3. The molecule has 8 nitrogen and oxygen atoms in total. The van der Waals surface area contributed by atoms with Crippen molar-refractivity contribution in [2.75, 3.05) is 31.6 Å². The topological polar surface area (TPSA) is 105 Å². The third-order valence-corrected chi connectivity index (χ3v) is 6.47. The summed E-state index contributed by atoms with van der Waals surface area (Å²) in [6.07, 6.45) is 5.02. The minimum Gasteiger partial charge on any atom is -0.508 e. The van der Waals surface area contributed by atoms with Gasteiger partial charge in [-0.05, 0) is 42.2 Å². The molecule has 2 aromatic carbocycles. The molecule has 0 saturated carbocycles. The molecule has 0 bridgehead atoms. The summed E-state index contributed by atoms with van der Waals surface area (Å²) in [4.78, 5) is 25.6. The average molecular weight is 421 g/mol. The van der Waals surface area contributed by atoms with Gasteiger partial charge < -0.3 is 20.1 Å². The number of anilines is 1. The molecule has 31 heavy (non-hydrogen) atoms. The number of phenols is 1. The van der Waals surface area contributed by atoms with Crippen LogP contribution in [-0.4, -0.2) is 47.1 Å². The molecule has 2 aliphatic heterocycles. The number of non-ortho nitro benzene ring substituents is 1. The lowest BCUT2D eigenvalue weighted by molar-refractivity contribution is -0.385. The standard InChI is InChI=1S/C23H23N3O5/c27-21-7-5-15(26(29)30)13-19(21)22-17-3-1-2-16(17)18-12-14(4-6-20(18)24-22)23(28)25-8-10-31-11-9-25/h1-2,4-7,12-13,16-17,22,24,27H,3,8-11H2. The Morgan fingerprint density at radius 2 is 1.97 bits per heavy atom. The molecule has 3 aliphatic rings. The number of allylic oxidation sites excluding steroid dienone is 2. The normalized spacial score (nSPS) is 24.3. The summed E-state index contributed by atoms with van der Waals surface area (Å²) < 4.78 is 5.34. The van der Waals surface area contributed by atoms with Gasteiger partial charge >= 0.3 is 0 Å². The maximum absolute atomic E-state index is 12.9. The van der Waals surface area contributed by atoms with Crippen LogP contribution in [0.15, 0.2) is 48.6 Å². The maximum atomic E-state index is 12.9. The molecule has 2 heterocycles. The number of aromatic hydroxyl groups is 1. The van der Waals surface area contributed by atoms with Gasteiger partial charge in [0.1, 0.15) is 5.75 Å². The second kappa shape index (κ2) is 7.70. The van der Waals surface area contributed by atoms with Crippen LogP contribution < -0.4 is 5.32 Å². The summed E-state index contributed by atoms with van der Waals surface area (Å²) in [6, 6.07) is 9.53. The second-order valence-corrected chi connectivity index (χ2v) is 8.18. The summed E-state index contributed by atoms with van der Waals surface area (Å²) in [5, 5.41) is 25.2. The fourth-order valence-electron chi connectivity index (χ4n) is 4.89. The van der Waals surface area contributed by atoms with Crippen LogP contribution >= 0.6 is 0 Å². The van der Waals surface area contributed by atoms with Crippen LogP contribution in [0, 0.1) is 16.0 Å². The molecule has 2 aromatic rings. The van der Waals surface area contributed by atoms with Crippen LogP contribution in [0.5, 0.6) is 5.75 Å². The smallest absolute Gasteiger partial charge is 0.270 e. The zero-order chi connectivity index (χ0) is 21.5. The Bertz CT molecular complexity index is 1080. The Hall–Kier alpha value is -3.39. The number of amides is 1. The van der Waals surface area contributed by atoms with Crippen molar-refractivity contribution < 1.29 is 19.6 Å². The van der Waals surface area contributed by atoms with Crippen LogP contribution in [0.1, 0.15) is 39.9 Å². The van der Waals surface area contributed by atoms with E-state index in [0.29, 0.717) is 37.4 Å². The van der Waals surface area contributed by atoms with Crippen LogP contribution in [0.4, 0.5) is 11.4 Å². The number of ether oxygens (including phenoxy) is 1. The summed E-state index contributed by atoms with van der Waals surface area (Å²) in [5.41, 5.74) is 3.04. The van der Waals surface area contributed by atoms with E-state index in [0.717, 1.165) is 17.7 Å². The molecule has 0 radical (unpaired) electrons. The molecule has 0 aromatic heterocycles. The SMILES string of the molecule is O=C(c1ccc2c(c1)C1C=CCC1C(c1cc([N+](=O)[O-])ccc1O)N2)N1CCOCC1. The number of hydrogen-bond acceptors (Lipinski definition) is 6. The molecule has 2 N–H and O–H groups in total. The molecule has 8 heteroatoms. The van der Waals surface area contributed by atoms with Crippen molar-refractivity contribution in [2.45, 2.75) is 18.4 Å². The first-order valence-electron chi connectivity index (χ1n) is 10.4. The molecular weight excluding hydrogens is 398 g/mol. The molecule has 1 amide bonds. The molecule has 0 spiro atoms. The van der Waals surface area contributed by atoms with Crippen molar-refractivity contribution in [2.24, 2.45) is 5.92 Å². The van der Waals surface area contributed by atoms with E-state index >= 15 is 0 Å². The van der Waals surface area contributed by atoms with Gasteiger partial charge in [-0.25, -0.2) is 0 Å². The third kappa shape index (κ3) is 3.42. The van der Waals surface area contributed by atoms with E-state index in [9.17, 15) is 20.0 Å². The van der Waals surface area contributed by atoms with E-state index in [2.05, 4.69) is 17.5 Å². The van der Waals surface area contributed by atoms with Crippen molar-refractivity contribution in [3.8, 4) is 5.75 Å². The van der Waals surface area contributed by atoms with Crippen LogP contribution in [0.25, 0.3) is 0 Å². The monoisotopic (exact) mass is 421 g/mol. The number of nitro benzene ring substituents is 1. The minimum atomic E-state index is -0.451. The minimum absolute atomic E-state index is 0.00285. The second-order valence-electron chi connectivity index (χ2n) is 8.18. The van der Waals surface area contributed by atoms with Gasteiger partial charge in [-0.1, -0.05) is 12.2 Å². The van der Waals surface area contributed by atoms with Gasteiger partial charge in [-0.2, -0.15) is 0 Å². The number of phenolic OH excluding ortho intramolecular Hbond substituents is 1. The first kappa shape index (κ1) is 19.6. The van der Waals surface area contributed by atoms with Crippen molar-refractivity contribution >= 4 is 17.3 Å². The Morgan fingerprint density at radius 1 is 1.16 bits per heavy atom. The molecular formula is C23H23N3O5. The van der Waals surface area contributed by atoms with E-state index in [1.807, 2.05) is 23.1 Å². The van der Waals surface area contributed by atoms with Crippen molar-refractivity contribution in [3.63, 3.8) is 0 Å². The fourth-order valence-corrected chi connectivity index (χ4v) is 4.89. The molecule has 160 valence electrons. The third-order valence-electron chi connectivity index (χ3n) is 6.47. The Labute approximate surface area is 179 Å². The maximum Gasteiger partial charge on any atom is 0.270 e. The van der Waals surface area contributed by atoms with Gasteiger partial charge in [0, 0.05) is 48.0 Å². The van der Waals surface area contributed by atoms with Gasteiger partial charge in [-0.3, -0.25) is 14.9 Å². The van der Waals surface area contributed by atoms with Crippen molar-refractivity contribution in [1.82, 2.24) is 4.90 Å². The van der Waals surface area contributed by atoms with Gasteiger partial charge in [0.05, 0.1) is 24.2 Å². The van der Waals surface area contributed by atoms with E-state index in [4.69, 9.17) is 4.74 Å². The highest BCUT2D eigenvalue weighted by molar-refractivity contribution is 5.95. The van der Waals surface area contributed by atoms with Crippen molar-refractivity contribution in [1.29, 1.82) is 0 Å². The number of nitro groups is 1. The zero-order valence-electron chi connectivity index (χ0n) is 16.9. The van der Waals surface area contributed by atoms with Crippen LogP contribution in [0.2, 0.25) is 0 Å². The van der Waals surface area contributed by atoms with E-state index in [1.54, 1.807) is 0 Å². The van der Waals surface area contributed by atoms with Gasteiger partial charge in [0.15, 0.2) is 0 Å². The van der Waals surface area contributed by atoms with Crippen LogP contribution in [-0.2, 0) is 4.74 Å². The van der Waals surface area contributed by atoms with Gasteiger partial charge in [0.25, 0.3) is 11.6 Å². The number of hydrogen-bond donors (Lipinski definition) is 2. The quantitative estimate of drug-likeness (QED) is 0.446. The van der Waals surface area contributed by atoms with Crippen LogP contribution in [0.3, 0.4) is 0 Å². The first-order chi connectivity index (χ1) is 15.0. The number of nitrogens with one attached hydrogen (secondary N) is 1. The predicted molar refractivity (Wildman–Crippen MR) is 114 cm³/mol. The number of morpholine rings is 1. The lowest BCUT2D eigenvalue weighted by Crippen LogP contribution is -2.40. The molecule has 3 atom stereocenters. The van der Waals surface area contributed by atoms with Gasteiger partial charge in [0.2, 0.25) is 0 Å². The molecule has 3 unspecified atom stereocenters. The highest BCUT2D eigenvalue weighted by atomic mass is 16.6. The average Bonchev–Trinajstić information content (AvgIpc) is 3.29.